The minimum absolute atomic E-state index is 0.281. The van der Waals surface area contributed by atoms with E-state index in [1.165, 1.54) is 25.4 Å². The van der Waals surface area contributed by atoms with Crippen molar-refractivity contribution in [3.8, 4) is 12.1 Å². The quantitative estimate of drug-likeness (QED) is 0.658. The Morgan fingerprint density at radius 1 is 1.53 bits per heavy atom. The number of nitriles is 2. The van der Waals surface area contributed by atoms with E-state index < -0.39 is 11.9 Å². The van der Waals surface area contributed by atoms with Gasteiger partial charge in [-0.3, -0.25) is 9.78 Å². The van der Waals surface area contributed by atoms with Crippen LogP contribution in [0.2, 0.25) is 0 Å². The molecule has 1 atom stereocenters. The highest BCUT2D eigenvalue weighted by atomic mass is 16.5. The number of aromatic nitrogens is 1. The molecule has 0 saturated carbocycles. The van der Waals surface area contributed by atoms with E-state index in [4.69, 9.17) is 10.5 Å². The number of hydrogen-bond donors (Lipinski definition) is 0. The van der Waals surface area contributed by atoms with Gasteiger partial charge in [-0.2, -0.15) is 10.5 Å². The maximum Gasteiger partial charge on any atom is 0.329 e. The first-order valence-electron chi connectivity index (χ1n) is 4.06. The zero-order valence-corrected chi connectivity index (χ0v) is 7.97. The van der Waals surface area contributed by atoms with E-state index in [2.05, 4.69) is 9.72 Å². The zero-order chi connectivity index (χ0) is 11.3. The summed E-state index contributed by atoms with van der Waals surface area (Å²) in [6.07, 6.45) is 1.31. The number of ether oxygens (including phenoxy) is 1. The molecule has 5 nitrogen and oxygen atoms in total. The lowest BCUT2D eigenvalue weighted by molar-refractivity contribution is -0.141. The molecule has 0 aliphatic rings. The summed E-state index contributed by atoms with van der Waals surface area (Å²) in [6, 6.07) is 6.64. The zero-order valence-electron chi connectivity index (χ0n) is 7.97. The summed E-state index contributed by atoms with van der Waals surface area (Å²) < 4.78 is 4.45. The van der Waals surface area contributed by atoms with Crippen molar-refractivity contribution in [1.29, 1.82) is 10.5 Å². The molecule has 1 aromatic rings. The second-order valence-corrected chi connectivity index (χ2v) is 2.67. The average molecular weight is 201 g/mol. The summed E-state index contributed by atoms with van der Waals surface area (Å²) >= 11 is 0. The number of esters is 1. The fourth-order valence-corrected chi connectivity index (χ4v) is 1.000. The van der Waals surface area contributed by atoms with Gasteiger partial charge in [0.1, 0.15) is 6.07 Å². The molecule has 0 radical (unpaired) electrons. The second kappa shape index (κ2) is 4.73. The number of hydrogen-bond acceptors (Lipinski definition) is 5. The fourth-order valence-electron chi connectivity index (χ4n) is 1.000. The molecule has 0 amide bonds. The highest BCUT2D eigenvalue weighted by molar-refractivity contribution is 5.80. The Morgan fingerprint density at radius 3 is 2.67 bits per heavy atom. The van der Waals surface area contributed by atoms with Crippen molar-refractivity contribution in [1.82, 2.24) is 4.98 Å². The average Bonchev–Trinajstić information content (AvgIpc) is 2.30. The highest BCUT2D eigenvalue weighted by Gasteiger charge is 2.21. The third-order valence-corrected chi connectivity index (χ3v) is 1.78. The topological polar surface area (TPSA) is 86.8 Å². The van der Waals surface area contributed by atoms with Gasteiger partial charge in [0.25, 0.3) is 0 Å². The van der Waals surface area contributed by atoms with Gasteiger partial charge in [-0.25, -0.2) is 0 Å². The van der Waals surface area contributed by atoms with Crippen LogP contribution in [0, 0.1) is 22.7 Å². The number of pyridine rings is 1. The summed E-state index contributed by atoms with van der Waals surface area (Å²) in [5, 5.41) is 17.3. The Balaban J connectivity index is 3.00. The molecule has 0 aromatic carbocycles. The summed E-state index contributed by atoms with van der Waals surface area (Å²) in [7, 11) is 1.20. The molecule has 0 N–H and O–H groups in total. The molecule has 0 aliphatic heterocycles. The van der Waals surface area contributed by atoms with Crippen molar-refractivity contribution in [2.45, 2.75) is 5.92 Å². The number of carbonyl (C=O) groups excluding carboxylic acids is 1. The lowest BCUT2D eigenvalue weighted by Crippen LogP contribution is -2.13. The SMILES string of the molecule is COC(=O)[C@@H](C#N)c1ccc(C#N)cn1. The van der Waals surface area contributed by atoms with Crippen LogP contribution < -0.4 is 0 Å². The minimum Gasteiger partial charge on any atom is -0.468 e. The number of nitrogens with zero attached hydrogens (tertiary/aromatic N) is 3. The molecule has 0 aliphatic carbocycles. The van der Waals surface area contributed by atoms with Crippen molar-refractivity contribution >= 4 is 5.97 Å². The molecule has 74 valence electrons. The van der Waals surface area contributed by atoms with Crippen LogP contribution in [0.15, 0.2) is 18.3 Å². The predicted molar refractivity (Wildman–Crippen MR) is 49.3 cm³/mol. The van der Waals surface area contributed by atoms with Crippen molar-refractivity contribution < 1.29 is 9.53 Å². The summed E-state index contributed by atoms with van der Waals surface area (Å²) in [5.74, 6) is -1.70. The van der Waals surface area contributed by atoms with Crippen LogP contribution >= 0.6 is 0 Å². The molecule has 0 bridgehead atoms. The van der Waals surface area contributed by atoms with Crippen molar-refractivity contribution in [2.75, 3.05) is 7.11 Å². The first kappa shape index (κ1) is 10.7. The molecule has 5 heteroatoms. The van der Waals surface area contributed by atoms with E-state index in [-0.39, 0.29) is 5.69 Å². The molecule has 1 heterocycles. The van der Waals surface area contributed by atoms with E-state index in [0.29, 0.717) is 5.56 Å². The number of carbonyl (C=O) groups is 1. The largest absolute Gasteiger partial charge is 0.468 e. The third kappa shape index (κ3) is 2.29. The predicted octanol–water partition coefficient (Wildman–Crippen LogP) is 0.733. The monoisotopic (exact) mass is 201 g/mol. The van der Waals surface area contributed by atoms with Gasteiger partial charge in [0.15, 0.2) is 5.92 Å². The van der Waals surface area contributed by atoms with Crippen LogP contribution in [-0.4, -0.2) is 18.1 Å². The van der Waals surface area contributed by atoms with Gasteiger partial charge in [-0.1, -0.05) is 0 Å². The molecule has 15 heavy (non-hydrogen) atoms. The Bertz CT molecular complexity index is 439. The van der Waals surface area contributed by atoms with Crippen LogP contribution in [0.1, 0.15) is 17.2 Å². The van der Waals surface area contributed by atoms with Crippen molar-refractivity contribution in [3.63, 3.8) is 0 Å². The normalized spacial score (nSPS) is 10.9. The van der Waals surface area contributed by atoms with Crippen LogP contribution in [-0.2, 0) is 9.53 Å². The smallest absolute Gasteiger partial charge is 0.329 e. The van der Waals surface area contributed by atoms with Gasteiger partial charge in [-0.15, -0.1) is 0 Å². The standard InChI is InChI=1S/C10H7N3O2/c1-15-10(14)8(5-12)9-3-2-7(4-11)6-13-9/h2-3,6,8H,1H3/t8-/m0/s1. The first-order chi connectivity index (χ1) is 7.22. The van der Waals surface area contributed by atoms with Gasteiger partial charge in [0, 0.05) is 6.20 Å². The van der Waals surface area contributed by atoms with E-state index in [1.807, 2.05) is 6.07 Å². The van der Waals surface area contributed by atoms with Crippen molar-refractivity contribution in [2.24, 2.45) is 0 Å². The second-order valence-electron chi connectivity index (χ2n) is 2.67. The van der Waals surface area contributed by atoms with Crippen LogP contribution in [0.25, 0.3) is 0 Å². The Morgan fingerprint density at radius 2 is 2.27 bits per heavy atom. The van der Waals surface area contributed by atoms with E-state index >= 15 is 0 Å². The Kier molecular flexibility index (Phi) is 3.37. The van der Waals surface area contributed by atoms with Crippen LogP contribution in [0.5, 0.6) is 0 Å². The summed E-state index contributed by atoms with van der Waals surface area (Å²) in [6.45, 7) is 0. The maximum atomic E-state index is 11.1. The van der Waals surface area contributed by atoms with Crippen molar-refractivity contribution in [3.05, 3.63) is 29.6 Å². The summed E-state index contributed by atoms with van der Waals surface area (Å²) in [5.41, 5.74) is 0.656. The first-order valence-corrected chi connectivity index (χ1v) is 4.06. The third-order valence-electron chi connectivity index (χ3n) is 1.78. The van der Waals surface area contributed by atoms with Gasteiger partial charge in [0.2, 0.25) is 0 Å². The minimum atomic E-state index is -1.04. The molecule has 1 rings (SSSR count). The van der Waals surface area contributed by atoms with E-state index in [9.17, 15) is 4.79 Å². The van der Waals surface area contributed by atoms with Gasteiger partial charge in [0.05, 0.1) is 24.4 Å². The Labute approximate surface area is 86.5 Å². The van der Waals surface area contributed by atoms with Gasteiger partial charge >= 0.3 is 5.97 Å². The lowest BCUT2D eigenvalue weighted by atomic mass is 10.1. The maximum absolute atomic E-state index is 11.1. The number of rotatable bonds is 2. The molecule has 1 aromatic heterocycles. The van der Waals surface area contributed by atoms with Crippen LogP contribution in [0.3, 0.4) is 0 Å². The summed E-state index contributed by atoms with van der Waals surface area (Å²) in [4.78, 5) is 15.0. The van der Waals surface area contributed by atoms with Crippen LogP contribution in [0.4, 0.5) is 0 Å². The Hall–Kier alpha value is -2.40. The van der Waals surface area contributed by atoms with Gasteiger partial charge < -0.3 is 4.74 Å². The fraction of sp³-hybridized carbons (Fsp3) is 0.200. The van der Waals surface area contributed by atoms with E-state index in [0.717, 1.165) is 0 Å². The molecule has 0 saturated heterocycles. The van der Waals surface area contributed by atoms with E-state index in [1.54, 1.807) is 6.07 Å². The molecular weight excluding hydrogens is 194 g/mol. The molecule has 0 unspecified atom stereocenters. The molecule has 0 spiro atoms. The lowest BCUT2D eigenvalue weighted by Gasteiger charge is -2.05. The highest BCUT2D eigenvalue weighted by Crippen LogP contribution is 2.13. The molecule has 0 fully saturated rings. The number of methoxy groups -OCH3 is 1. The van der Waals surface area contributed by atoms with Gasteiger partial charge in [-0.05, 0) is 12.1 Å². The molecular formula is C10H7N3O2.